The number of phenolic OH excluding ortho intramolecular Hbond substituents is 1. The molecule has 2 aromatic rings. The van der Waals surface area contributed by atoms with E-state index in [1.165, 1.54) is 42.7 Å². The van der Waals surface area contributed by atoms with E-state index in [0.717, 1.165) is 17.0 Å². The molecule has 0 spiro atoms. The summed E-state index contributed by atoms with van der Waals surface area (Å²) in [4.78, 5) is 6.22. The Balaban J connectivity index is 1.96. The fraction of sp³-hybridized carbons (Fsp3) is 0.400. The van der Waals surface area contributed by atoms with Crippen molar-refractivity contribution in [1.29, 1.82) is 0 Å². The van der Waals surface area contributed by atoms with E-state index in [4.69, 9.17) is 4.98 Å². The van der Waals surface area contributed by atoms with Crippen LogP contribution in [0.25, 0.3) is 10.6 Å². The highest BCUT2D eigenvalue weighted by molar-refractivity contribution is 7.15. The molecule has 2 nitrogen and oxygen atoms in total. The lowest BCUT2D eigenvalue weighted by Gasteiger charge is -2.06. The number of fused-ring (bicyclic) bond motifs is 1. The predicted octanol–water partition coefficient (Wildman–Crippen LogP) is 4.17. The Hall–Kier alpha value is -1.35. The summed E-state index contributed by atoms with van der Waals surface area (Å²) in [6.45, 7) is 0. The maximum atomic E-state index is 9.54. The second kappa shape index (κ2) is 5.11. The molecule has 1 heterocycles. The van der Waals surface area contributed by atoms with Gasteiger partial charge in [-0.2, -0.15) is 0 Å². The molecule has 94 valence electrons. The average molecular weight is 259 g/mol. The van der Waals surface area contributed by atoms with Gasteiger partial charge in [-0.1, -0.05) is 25.0 Å². The van der Waals surface area contributed by atoms with E-state index in [2.05, 4.69) is 0 Å². The summed E-state index contributed by atoms with van der Waals surface area (Å²) in [5.74, 6) is 0.315. The van der Waals surface area contributed by atoms with Gasteiger partial charge in [0.15, 0.2) is 0 Å². The Bertz CT molecular complexity index is 522. The maximum Gasteiger partial charge on any atom is 0.124 e. The van der Waals surface area contributed by atoms with Gasteiger partial charge >= 0.3 is 0 Å². The highest BCUT2D eigenvalue weighted by Gasteiger charge is 2.14. The van der Waals surface area contributed by atoms with Crippen LogP contribution in [0.5, 0.6) is 5.75 Å². The van der Waals surface area contributed by atoms with Crippen molar-refractivity contribution in [1.82, 2.24) is 4.98 Å². The molecule has 3 heteroatoms. The molecule has 0 amide bonds. The quantitative estimate of drug-likeness (QED) is 0.833. The number of hydrogen-bond acceptors (Lipinski definition) is 3. The Kier molecular flexibility index (Phi) is 3.33. The number of aryl methyl sites for hydroxylation is 2. The highest BCUT2D eigenvalue weighted by Crippen LogP contribution is 2.32. The summed E-state index contributed by atoms with van der Waals surface area (Å²) < 4.78 is 0. The molecule has 0 atom stereocenters. The fourth-order valence-electron chi connectivity index (χ4n) is 2.47. The zero-order valence-electron chi connectivity index (χ0n) is 10.4. The first-order valence-corrected chi connectivity index (χ1v) is 7.42. The predicted molar refractivity (Wildman–Crippen MR) is 75.1 cm³/mol. The molecule has 0 radical (unpaired) electrons. The maximum absolute atomic E-state index is 9.54. The number of nitrogens with zero attached hydrogens (tertiary/aromatic N) is 1. The molecule has 1 aliphatic carbocycles. The molecule has 1 N–H and O–H groups in total. The van der Waals surface area contributed by atoms with Crippen LogP contribution in [0.1, 0.15) is 36.3 Å². The minimum atomic E-state index is 0.315. The van der Waals surface area contributed by atoms with Gasteiger partial charge in [-0.3, -0.25) is 0 Å². The molecular weight excluding hydrogens is 242 g/mol. The second-order valence-corrected chi connectivity index (χ2v) is 5.94. The highest BCUT2D eigenvalue weighted by atomic mass is 32.1. The van der Waals surface area contributed by atoms with Crippen LogP contribution in [-0.2, 0) is 12.8 Å². The van der Waals surface area contributed by atoms with Gasteiger partial charge in [0.05, 0.1) is 5.69 Å². The van der Waals surface area contributed by atoms with Crippen LogP contribution in [0.4, 0.5) is 0 Å². The standard InChI is InChI=1S/C15H17NOS/c17-12-7-5-6-11(10-12)15-16-13-8-3-1-2-4-9-14(13)18-15/h5-7,10,17H,1-4,8-9H2. The van der Waals surface area contributed by atoms with Crippen molar-refractivity contribution in [3.05, 3.63) is 34.8 Å². The third kappa shape index (κ3) is 2.41. The average Bonchev–Trinajstić information content (AvgIpc) is 2.72. The summed E-state index contributed by atoms with van der Waals surface area (Å²) in [6, 6.07) is 7.40. The summed E-state index contributed by atoms with van der Waals surface area (Å²) in [5, 5.41) is 10.6. The molecule has 1 aromatic carbocycles. The van der Waals surface area contributed by atoms with E-state index in [1.807, 2.05) is 12.1 Å². The zero-order valence-corrected chi connectivity index (χ0v) is 11.2. The van der Waals surface area contributed by atoms with Crippen molar-refractivity contribution < 1.29 is 5.11 Å². The number of thiazole rings is 1. The van der Waals surface area contributed by atoms with E-state index in [9.17, 15) is 5.11 Å². The minimum absolute atomic E-state index is 0.315. The van der Waals surface area contributed by atoms with Gasteiger partial charge < -0.3 is 5.11 Å². The monoisotopic (exact) mass is 259 g/mol. The lowest BCUT2D eigenvalue weighted by Crippen LogP contribution is -1.96. The lowest BCUT2D eigenvalue weighted by molar-refractivity contribution is 0.475. The molecular formula is C15H17NOS. The normalized spacial score (nSPS) is 15.8. The number of benzene rings is 1. The van der Waals surface area contributed by atoms with Gasteiger partial charge in [0, 0.05) is 10.4 Å². The molecule has 0 bridgehead atoms. The fourth-order valence-corrected chi connectivity index (χ4v) is 3.61. The number of aromatic nitrogens is 1. The summed E-state index contributed by atoms with van der Waals surface area (Å²) in [7, 11) is 0. The number of hydrogen-bond donors (Lipinski definition) is 1. The first-order chi connectivity index (χ1) is 8.83. The molecule has 1 aromatic heterocycles. The van der Waals surface area contributed by atoms with Gasteiger partial charge in [0.1, 0.15) is 10.8 Å². The summed E-state index contributed by atoms with van der Waals surface area (Å²) in [5.41, 5.74) is 2.32. The Morgan fingerprint density at radius 3 is 2.72 bits per heavy atom. The van der Waals surface area contributed by atoms with Gasteiger partial charge in [-0.15, -0.1) is 11.3 Å². The SMILES string of the molecule is Oc1cccc(-c2nc3c(s2)CCCCCC3)c1. The smallest absolute Gasteiger partial charge is 0.124 e. The van der Waals surface area contributed by atoms with E-state index in [-0.39, 0.29) is 0 Å². The number of rotatable bonds is 1. The van der Waals surface area contributed by atoms with Crippen molar-refractivity contribution >= 4 is 11.3 Å². The van der Waals surface area contributed by atoms with E-state index in [1.54, 1.807) is 23.5 Å². The number of aromatic hydroxyl groups is 1. The van der Waals surface area contributed by atoms with Gasteiger partial charge in [-0.25, -0.2) is 4.98 Å². The largest absolute Gasteiger partial charge is 0.508 e. The lowest BCUT2D eigenvalue weighted by atomic mass is 10.0. The van der Waals surface area contributed by atoms with E-state index >= 15 is 0 Å². The molecule has 0 aliphatic heterocycles. The van der Waals surface area contributed by atoms with Crippen LogP contribution < -0.4 is 0 Å². The minimum Gasteiger partial charge on any atom is -0.508 e. The van der Waals surface area contributed by atoms with Crippen molar-refractivity contribution in [3.8, 4) is 16.3 Å². The summed E-state index contributed by atoms with van der Waals surface area (Å²) >= 11 is 1.80. The molecule has 3 rings (SSSR count). The van der Waals surface area contributed by atoms with Gasteiger partial charge in [-0.05, 0) is 37.8 Å². The van der Waals surface area contributed by atoms with Gasteiger partial charge in [0.2, 0.25) is 0 Å². The van der Waals surface area contributed by atoms with Crippen molar-refractivity contribution in [2.75, 3.05) is 0 Å². The Morgan fingerprint density at radius 2 is 1.89 bits per heavy atom. The van der Waals surface area contributed by atoms with E-state index in [0.29, 0.717) is 5.75 Å². The van der Waals surface area contributed by atoms with Crippen LogP contribution in [0.3, 0.4) is 0 Å². The van der Waals surface area contributed by atoms with Crippen molar-refractivity contribution in [2.24, 2.45) is 0 Å². The Morgan fingerprint density at radius 1 is 1.06 bits per heavy atom. The van der Waals surface area contributed by atoms with Crippen molar-refractivity contribution in [3.63, 3.8) is 0 Å². The van der Waals surface area contributed by atoms with Crippen LogP contribution in [0.15, 0.2) is 24.3 Å². The topological polar surface area (TPSA) is 33.1 Å². The van der Waals surface area contributed by atoms with Crippen LogP contribution in [0, 0.1) is 0 Å². The molecule has 1 aliphatic rings. The van der Waals surface area contributed by atoms with Crippen molar-refractivity contribution in [2.45, 2.75) is 38.5 Å². The van der Waals surface area contributed by atoms with Crippen LogP contribution in [0.2, 0.25) is 0 Å². The van der Waals surface area contributed by atoms with Crippen LogP contribution >= 0.6 is 11.3 Å². The molecule has 18 heavy (non-hydrogen) atoms. The first kappa shape index (κ1) is 11.7. The molecule has 0 fully saturated rings. The third-order valence-electron chi connectivity index (χ3n) is 3.44. The number of phenols is 1. The summed E-state index contributed by atoms with van der Waals surface area (Å²) in [6.07, 6.45) is 7.51. The third-order valence-corrected chi connectivity index (χ3v) is 4.65. The molecule has 0 saturated heterocycles. The van der Waals surface area contributed by atoms with Gasteiger partial charge in [0.25, 0.3) is 0 Å². The van der Waals surface area contributed by atoms with Crippen LogP contribution in [-0.4, -0.2) is 10.1 Å². The molecule has 0 saturated carbocycles. The zero-order chi connectivity index (χ0) is 12.4. The first-order valence-electron chi connectivity index (χ1n) is 6.61. The van der Waals surface area contributed by atoms with E-state index < -0.39 is 0 Å². The Labute approximate surface area is 111 Å². The second-order valence-electron chi connectivity index (χ2n) is 4.85. The molecule has 0 unspecified atom stereocenters.